The molecule has 0 amide bonds. The van der Waals surface area contributed by atoms with Crippen molar-refractivity contribution < 1.29 is 4.52 Å². The van der Waals surface area contributed by atoms with E-state index < -0.39 is 0 Å². The smallest absolute Gasteiger partial charge is 0.227 e. The average Bonchev–Trinajstić information content (AvgIpc) is 2.94. The topological polar surface area (TPSA) is 77.8 Å². The summed E-state index contributed by atoms with van der Waals surface area (Å²) in [5.41, 5.74) is 6.37. The number of aromatic nitrogens is 3. The van der Waals surface area contributed by atoms with Crippen LogP contribution in [0.5, 0.6) is 0 Å². The molecule has 2 aromatic heterocycles. The summed E-state index contributed by atoms with van der Waals surface area (Å²) in [7, 11) is 0. The van der Waals surface area contributed by atoms with Gasteiger partial charge < -0.3 is 10.3 Å². The lowest BCUT2D eigenvalue weighted by atomic mass is 9.94. The van der Waals surface area contributed by atoms with Gasteiger partial charge in [0.1, 0.15) is 5.69 Å². The van der Waals surface area contributed by atoms with E-state index in [1.165, 1.54) is 12.8 Å². The first kappa shape index (κ1) is 16.1. The number of rotatable bonds is 8. The van der Waals surface area contributed by atoms with E-state index in [1.54, 1.807) is 6.20 Å². The second-order valence-corrected chi connectivity index (χ2v) is 5.97. The maximum Gasteiger partial charge on any atom is 0.227 e. The zero-order valence-electron chi connectivity index (χ0n) is 12.3. The van der Waals surface area contributed by atoms with Crippen molar-refractivity contribution in [3.8, 4) is 11.5 Å². The minimum absolute atomic E-state index is 0.531. The van der Waals surface area contributed by atoms with Gasteiger partial charge in [-0.15, -0.1) is 0 Å². The molecule has 0 radical (unpaired) electrons. The van der Waals surface area contributed by atoms with Gasteiger partial charge in [-0.1, -0.05) is 24.9 Å². The van der Waals surface area contributed by atoms with Crippen LogP contribution in [0.15, 0.2) is 27.3 Å². The van der Waals surface area contributed by atoms with Crippen molar-refractivity contribution >= 4 is 15.9 Å². The first-order valence-corrected chi connectivity index (χ1v) is 8.17. The van der Waals surface area contributed by atoms with Crippen LogP contribution in [0, 0.1) is 5.92 Å². The highest BCUT2D eigenvalue weighted by atomic mass is 79.9. The van der Waals surface area contributed by atoms with Gasteiger partial charge in [-0.2, -0.15) is 4.98 Å². The molecule has 0 aliphatic carbocycles. The van der Waals surface area contributed by atoms with Crippen molar-refractivity contribution in [3.05, 3.63) is 28.7 Å². The third kappa shape index (κ3) is 4.61. The fraction of sp³-hybridized carbons (Fsp3) is 0.533. The minimum Gasteiger partial charge on any atom is -0.339 e. The molecule has 114 valence electrons. The highest BCUT2D eigenvalue weighted by Gasteiger charge is 2.14. The second kappa shape index (κ2) is 8.24. The van der Waals surface area contributed by atoms with Crippen molar-refractivity contribution in [3.63, 3.8) is 0 Å². The maximum absolute atomic E-state index is 5.66. The van der Waals surface area contributed by atoms with E-state index in [0.29, 0.717) is 23.3 Å². The van der Waals surface area contributed by atoms with E-state index >= 15 is 0 Å². The van der Waals surface area contributed by atoms with Gasteiger partial charge in [0.2, 0.25) is 11.7 Å². The molecule has 2 heterocycles. The Labute approximate surface area is 133 Å². The maximum atomic E-state index is 5.66. The van der Waals surface area contributed by atoms with Crippen LogP contribution < -0.4 is 5.73 Å². The van der Waals surface area contributed by atoms with Crippen LogP contribution in [-0.2, 0) is 6.42 Å². The average molecular weight is 353 g/mol. The van der Waals surface area contributed by atoms with Gasteiger partial charge in [-0.05, 0) is 53.4 Å². The van der Waals surface area contributed by atoms with Crippen molar-refractivity contribution in [1.29, 1.82) is 0 Å². The fourth-order valence-electron chi connectivity index (χ4n) is 2.41. The Balaban J connectivity index is 1.98. The van der Waals surface area contributed by atoms with Crippen molar-refractivity contribution in [2.24, 2.45) is 11.7 Å². The van der Waals surface area contributed by atoms with Gasteiger partial charge in [0.25, 0.3) is 0 Å². The molecule has 0 aliphatic rings. The Morgan fingerprint density at radius 2 is 2.19 bits per heavy atom. The second-order valence-electron chi connectivity index (χ2n) is 5.12. The Kier molecular flexibility index (Phi) is 6.32. The standard InChI is InChI=1S/C15H21BrN4O/c1-2-4-11(8-9-17)6-7-13-19-15(20-21-13)14-12(16)5-3-10-18-14/h3,5,10-11H,2,4,6-9,17H2,1H3. The van der Waals surface area contributed by atoms with Gasteiger partial charge in [0, 0.05) is 17.1 Å². The van der Waals surface area contributed by atoms with Crippen LogP contribution >= 0.6 is 15.9 Å². The van der Waals surface area contributed by atoms with Crippen LogP contribution in [0.2, 0.25) is 0 Å². The normalized spacial score (nSPS) is 12.5. The monoisotopic (exact) mass is 352 g/mol. The summed E-state index contributed by atoms with van der Waals surface area (Å²) in [6.45, 7) is 2.94. The summed E-state index contributed by atoms with van der Waals surface area (Å²) in [6, 6.07) is 3.77. The predicted octanol–water partition coefficient (Wildman–Crippen LogP) is 3.59. The molecular formula is C15H21BrN4O. The summed E-state index contributed by atoms with van der Waals surface area (Å²) >= 11 is 3.45. The number of nitrogens with zero attached hydrogens (tertiary/aromatic N) is 3. The van der Waals surface area contributed by atoms with Crippen molar-refractivity contribution in [1.82, 2.24) is 15.1 Å². The van der Waals surface area contributed by atoms with Crippen LogP contribution in [0.4, 0.5) is 0 Å². The van der Waals surface area contributed by atoms with E-state index in [2.05, 4.69) is 38.0 Å². The molecule has 0 saturated heterocycles. The molecule has 5 nitrogen and oxygen atoms in total. The predicted molar refractivity (Wildman–Crippen MR) is 85.6 cm³/mol. The number of halogens is 1. The van der Waals surface area contributed by atoms with E-state index in [9.17, 15) is 0 Å². The molecule has 0 saturated carbocycles. The van der Waals surface area contributed by atoms with Crippen LogP contribution in [-0.4, -0.2) is 21.7 Å². The molecule has 0 fully saturated rings. The minimum atomic E-state index is 0.531. The quantitative estimate of drug-likeness (QED) is 0.785. The molecule has 1 unspecified atom stereocenters. The number of hydrogen-bond acceptors (Lipinski definition) is 5. The molecular weight excluding hydrogens is 332 g/mol. The van der Waals surface area contributed by atoms with Crippen LogP contribution in [0.3, 0.4) is 0 Å². The van der Waals surface area contributed by atoms with Gasteiger partial charge >= 0.3 is 0 Å². The lowest BCUT2D eigenvalue weighted by Crippen LogP contribution is -2.09. The molecule has 2 N–H and O–H groups in total. The molecule has 6 heteroatoms. The molecule has 0 aliphatic heterocycles. The highest BCUT2D eigenvalue weighted by Crippen LogP contribution is 2.24. The molecule has 21 heavy (non-hydrogen) atoms. The largest absolute Gasteiger partial charge is 0.339 e. The molecule has 0 aromatic carbocycles. The van der Waals surface area contributed by atoms with E-state index in [4.69, 9.17) is 10.3 Å². The van der Waals surface area contributed by atoms with Gasteiger partial charge in [-0.25, -0.2) is 0 Å². The van der Waals surface area contributed by atoms with E-state index in [1.807, 2.05) is 12.1 Å². The number of nitrogens with two attached hydrogens (primary N) is 1. The lowest BCUT2D eigenvalue weighted by molar-refractivity contribution is 0.349. The highest BCUT2D eigenvalue weighted by molar-refractivity contribution is 9.10. The number of hydrogen-bond donors (Lipinski definition) is 1. The van der Waals surface area contributed by atoms with Crippen LogP contribution in [0.1, 0.15) is 38.5 Å². The molecule has 0 spiro atoms. The van der Waals surface area contributed by atoms with E-state index in [0.717, 1.165) is 30.3 Å². The summed E-state index contributed by atoms with van der Waals surface area (Å²) in [5.74, 6) is 1.83. The zero-order valence-corrected chi connectivity index (χ0v) is 13.8. The molecule has 0 bridgehead atoms. The number of aryl methyl sites for hydroxylation is 1. The summed E-state index contributed by atoms with van der Waals surface area (Å²) in [4.78, 5) is 8.70. The van der Waals surface area contributed by atoms with Crippen molar-refractivity contribution in [2.45, 2.75) is 39.0 Å². The Morgan fingerprint density at radius 3 is 2.90 bits per heavy atom. The first-order chi connectivity index (χ1) is 10.2. The number of pyridine rings is 1. The Hall–Kier alpha value is -1.27. The third-order valence-corrected chi connectivity index (χ3v) is 4.12. The Bertz CT molecular complexity index is 552. The van der Waals surface area contributed by atoms with Crippen molar-refractivity contribution in [2.75, 3.05) is 6.54 Å². The molecule has 2 aromatic rings. The lowest BCUT2D eigenvalue weighted by Gasteiger charge is -2.13. The Morgan fingerprint density at radius 1 is 1.33 bits per heavy atom. The van der Waals surface area contributed by atoms with Gasteiger partial charge in [0.15, 0.2) is 0 Å². The summed E-state index contributed by atoms with van der Waals surface area (Å²) in [5, 5.41) is 4.01. The summed E-state index contributed by atoms with van der Waals surface area (Å²) in [6.07, 6.45) is 6.98. The van der Waals surface area contributed by atoms with Gasteiger partial charge in [0.05, 0.1) is 0 Å². The summed E-state index contributed by atoms with van der Waals surface area (Å²) < 4.78 is 6.19. The molecule has 2 rings (SSSR count). The zero-order chi connectivity index (χ0) is 15.1. The van der Waals surface area contributed by atoms with Gasteiger partial charge in [-0.3, -0.25) is 4.98 Å². The SMILES string of the molecule is CCCC(CCN)CCc1nc(-c2ncccc2Br)no1. The third-order valence-electron chi connectivity index (χ3n) is 3.48. The fourth-order valence-corrected chi connectivity index (χ4v) is 2.84. The van der Waals surface area contributed by atoms with Crippen LogP contribution in [0.25, 0.3) is 11.5 Å². The van der Waals surface area contributed by atoms with E-state index in [-0.39, 0.29) is 0 Å². The first-order valence-electron chi connectivity index (χ1n) is 7.38. The molecule has 1 atom stereocenters.